The van der Waals surface area contributed by atoms with Gasteiger partial charge in [0.25, 0.3) is 0 Å². The van der Waals surface area contributed by atoms with Crippen LogP contribution in [0.5, 0.6) is 0 Å². The minimum Gasteiger partial charge on any atom is -0.386 e. The monoisotopic (exact) mass is 453 g/mol. The second kappa shape index (κ2) is 16.1. The van der Waals surface area contributed by atoms with Crippen molar-refractivity contribution in [2.75, 3.05) is 13.1 Å². The van der Waals surface area contributed by atoms with E-state index in [1.165, 1.54) is 0 Å². The SMILES string of the molecule is C=C(N)NCCC[C@H](NC(=O)C(NC(=O)CCCCNC(=O)CC)C(C)C)C(=O)C(C)C. The summed E-state index contributed by atoms with van der Waals surface area (Å²) in [7, 11) is 0. The summed E-state index contributed by atoms with van der Waals surface area (Å²) in [5, 5.41) is 11.3. The van der Waals surface area contributed by atoms with E-state index in [1.807, 2.05) is 13.8 Å². The lowest BCUT2D eigenvalue weighted by molar-refractivity contribution is -0.133. The molecule has 0 saturated carbocycles. The number of Topliss-reactive ketones (excluding diaryl/α,β-unsaturated/α-hetero) is 1. The molecule has 0 aromatic carbocycles. The summed E-state index contributed by atoms with van der Waals surface area (Å²) in [4.78, 5) is 49.1. The van der Waals surface area contributed by atoms with E-state index in [-0.39, 0.29) is 41.8 Å². The highest BCUT2D eigenvalue weighted by Crippen LogP contribution is 2.09. The molecule has 6 N–H and O–H groups in total. The fraction of sp³-hybridized carbons (Fsp3) is 0.739. The van der Waals surface area contributed by atoms with E-state index in [1.54, 1.807) is 20.8 Å². The average molecular weight is 454 g/mol. The minimum absolute atomic E-state index is 0.0137. The van der Waals surface area contributed by atoms with Crippen LogP contribution in [0.1, 0.15) is 73.1 Å². The molecule has 0 fully saturated rings. The highest BCUT2D eigenvalue weighted by molar-refractivity contribution is 5.93. The first kappa shape index (κ1) is 29.4. The zero-order chi connectivity index (χ0) is 24.7. The van der Waals surface area contributed by atoms with Crippen LogP contribution in [0.3, 0.4) is 0 Å². The number of hydrogen-bond donors (Lipinski definition) is 5. The van der Waals surface area contributed by atoms with Crippen molar-refractivity contribution < 1.29 is 19.2 Å². The van der Waals surface area contributed by atoms with Gasteiger partial charge in [-0.25, -0.2) is 0 Å². The molecule has 32 heavy (non-hydrogen) atoms. The van der Waals surface area contributed by atoms with Crippen LogP contribution in [0.15, 0.2) is 12.4 Å². The number of unbranched alkanes of at least 4 members (excludes halogenated alkanes) is 1. The molecular formula is C23H43N5O4. The zero-order valence-electron chi connectivity index (χ0n) is 20.4. The molecule has 1 unspecified atom stereocenters. The van der Waals surface area contributed by atoms with Gasteiger partial charge in [-0.3, -0.25) is 19.2 Å². The highest BCUT2D eigenvalue weighted by atomic mass is 16.2. The van der Waals surface area contributed by atoms with Gasteiger partial charge in [0.2, 0.25) is 17.7 Å². The fourth-order valence-electron chi connectivity index (χ4n) is 3.05. The molecule has 184 valence electrons. The van der Waals surface area contributed by atoms with E-state index >= 15 is 0 Å². The summed E-state index contributed by atoms with van der Waals surface area (Å²) in [6.07, 6.45) is 3.09. The lowest BCUT2D eigenvalue weighted by Crippen LogP contribution is -2.54. The van der Waals surface area contributed by atoms with Crippen molar-refractivity contribution in [3.8, 4) is 0 Å². The van der Waals surface area contributed by atoms with Gasteiger partial charge >= 0.3 is 0 Å². The van der Waals surface area contributed by atoms with Crippen molar-refractivity contribution in [3.05, 3.63) is 12.4 Å². The molecule has 3 amide bonds. The molecule has 0 aliphatic rings. The summed E-state index contributed by atoms with van der Waals surface area (Å²) in [6, 6.07) is -1.36. The van der Waals surface area contributed by atoms with Gasteiger partial charge in [-0.2, -0.15) is 0 Å². The van der Waals surface area contributed by atoms with Crippen LogP contribution >= 0.6 is 0 Å². The Morgan fingerprint density at radius 2 is 1.50 bits per heavy atom. The van der Waals surface area contributed by atoms with Crippen molar-refractivity contribution in [2.45, 2.75) is 85.2 Å². The Kier molecular flexibility index (Phi) is 14.8. The molecule has 0 radical (unpaired) electrons. The Morgan fingerprint density at radius 3 is 2.03 bits per heavy atom. The Labute approximate surface area is 192 Å². The Hall–Kier alpha value is -2.58. The first-order valence-corrected chi connectivity index (χ1v) is 11.6. The third-order valence-electron chi connectivity index (χ3n) is 4.99. The van der Waals surface area contributed by atoms with E-state index in [9.17, 15) is 19.2 Å². The summed E-state index contributed by atoms with van der Waals surface area (Å²) >= 11 is 0. The number of ketones is 1. The zero-order valence-corrected chi connectivity index (χ0v) is 20.4. The molecule has 9 heteroatoms. The van der Waals surface area contributed by atoms with Crippen LogP contribution in [0.4, 0.5) is 0 Å². The van der Waals surface area contributed by atoms with E-state index in [2.05, 4.69) is 27.8 Å². The first-order chi connectivity index (χ1) is 15.0. The maximum Gasteiger partial charge on any atom is 0.243 e. The van der Waals surface area contributed by atoms with Crippen LogP contribution in [-0.2, 0) is 19.2 Å². The number of nitrogens with one attached hydrogen (secondary N) is 4. The van der Waals surface area contributed by atoms with Crippen molar-refractivity contribution >= 4 is 23.5 Å². The average Bonchev–Trinajstić information content (AvgIpc) is 2.72. The van der Waals surface area contributed by atoms with Gasteiger partial charge in [-0.15, -0.1) is 0 Å². The quantitative estimate of drug-likeness (QED) is 0.210. The third-order valence-corrected chi connectivity index (χ3v) is 4.99. The van der Waals surface area contributed by atoms with Crippen molar-refractivity contribution in [3.63, 3.8) is 0 Å². The summed E-state index contributed by atoms with van der Waals surface area (Å²) < 4.78 is 0. The lowest BCUT2D eigenvalue weighted by atomic mass is 9.96. The predicted molar refractivity (Wildman–Crippen MR) is 126 cm³/mol. The molecule has 0 rings (SSSR count). The van der Waals surface area contributed by atoms with E-state index < -0.39 is 12.1 Å². The Bertz CT molecular complexity index is 634. The van der Waals surface area contributed by atoms with Crippen molar-refractivity contribution in [2.24, 2.45) is 17.6 Å². The number of carbonyl (C=O) groups is 4. The van der Waals surface area contributed by atoms with Gasteiger partial charge in [0.05, 0.1) is 11.9 Å². The van der Waals surface area contributed by atoms with Gasteiger partial charge in [-0.05, 0) is 31.6 Å². The van der Waals surface area contributed by atoms with E-state index in [0.717, 1.165) is 0 Å². The molecule has 2 atom stereocenters. The number of carbonyl (C=O) groups excluding carboxylic acids is 4. The Balaban J connectivity index is 4.78. The smallest absolute Gasteiger partial charge is 0.243 e. The van der Waals surface area contributed by atoms with Crippen LogP contribution in [-0.4, -0.2) is 48.7 Å². The van der Waals surface area contributed by atoms with Crippen LogP contribution in [0.2, 0.25) is 0 Å². The standard InChI is InChI=1S/C23H43N5O4/c1-7-19(29)26-13-9-8-12-20(30)28-21(15(2)3)23(32)27-18(22(31)16(4)5)11-10-14-25-17(6)24/h15-16,18,21,25H,6-14,24H2,1-5H3,(H,26,29)(H,27,32)(H,28,30)/t18-,21?/m0/s1. The van der Waals surface area contributed by atoms with E-state index in [0.29, 0.717) is 51.0 Å². The molecule has 0 spiro atoms. The normalized spacial score (nSPS) is 12.7. The van der Waals surface area contributed by atoms with Crippen LogP contribution < -0.4 is 27.0 Å². The highest BCUT2D eigenvalue weighted by Gasteiger charge is 2.29. The van der Waals surface area contributed by atoms with Gasteiger partial charge in [0.1, 0.15) is 6.04 Å². The lowest BCUT2D eigenvalue weighted by Gasteiger charge is -2.26. The molecule has 0 saturated heterocycles. The van der Waals surface area contributed by atoms with Gasteiger partial charge in [0, 0.05) is 31.8 Å². The molecule has 0 bridgehead atoms. The molecule has 0 aromatic heterocycles. The second-order valence-electron chi connectivity index (χ2n) is 8.66. The maximum atomic E-state index is 12.9. The maximum absolute atomic E-state index is 12.9. The number of hydrogen-bond acceptors (Lipinski definition) is 6. The van der Waals surface area contributed by atoms with Crippen molar-refractivity contribution in [1.29, 1.82) is 0 Å². The summed E-state index contributed by atoms with van der Waals surface area (Å²) in [6.45, 7) is 13.7. The minimum atomic E-state index is -0.730. The number of rotatable bonds is 17. The van der Waals surface area contributed by atoms with Gasteiger partial charge in [-0.1, -0.05) is 41.2 Å². The van der Waals surface area contributed by atoms with E-state index in [4.69, 9.17) is 5.73 Å². The topological polar surface area (TPSA) is 142 Å². The largest absolute Gasteiger partial charge is 0.386 e. The predicted octanol–water partition coefficient (Wildman–Crippen LogP) is 1.33. The second-order valence-corrected chi connectivity index (χ2v) is 8.66. The number of nitrogens with two attached hydrogens (primary N) is 1. The Morgan fingerprint density at radius 1 is 0.875 bits per heavy atom. The van der Waals surface area contributed by atoms with Gasteiger partial charge < -0.3 is 27.0 Å². The summed E-state index contributed by atoms with van der Waals surface area (Å²) in [5.74, 6) is -0.654. The molecule has 0 aliphatic carbocycles. The molecule has 0 aliphatic heterocycles. The van der Waals surface area contributed by atoms with Crippen LogP contribution in [0, 0.1) is 11.8 Å². The molecular weight excluding hydrogens is 410 g/mol. The number of amides is 3. The van der Waals surface area contributed by atoms with Crippen LogP contribution in [0.25, 0.3) is 0 Å². The van der Waals surface area contributed by atoms with Crippen molar-refractivity contribution in [1.82, 2.24) is 21.3 Å². The van der Waals surface area contributed by atoms with Gasteiger partial charge in [0.15, 0.2) is 5.78 Å². The third kappa shape index (κ3) is 13.0. The first-order valence-electron chi connectivity index (χ1n) is 11.6. The molecule has 0 heterocycles. The fourth-order valence-corrected chi connectivity index (χ4v) is 3.05. The molecule has 9 nitrogen and oxygen atoms in total. The summed E-state index contributed by atoms with van der Waals surface area (Å²) in [5.41, 5.74) is 5.49. The molecule has 0 aromatic rings.